The third-order valence-electron chi connectivity index (χ3n) is 5.21. The lowest BCUT2D eigenvalue weighted by Gasteiger charge is -2.16. The van der Waals surface area contributed by atoms with E-state index in [1.807, 2.05) is 47.9 Å². The smallest absolute Gasteiger partial charge is 0.191 e. The molecule has 28 heavy (non-hydrogen) atoms. The van der Waals surface area contributed by atoms with Crippen LogP contribution in [0.1, 0.15) is 31.2 Å². The lowest BCUT2D eigenvalue weighted by atomic mass is 9.95. The zero-order chi connectivity index (χ0) is 19.4. The summed E-state index contributed by atoms with van der Waals surface area (Å²) in [4.78, 5) is 4.73. The molecule has 0 amide bonds. The number of hydrogen-bond donors (Lipinski definition) is 2. The van der Waals surface area contributed by atoms with Crippen LogP contribution in [0.2, 0.25) is 0 Å². The van der Waals surface area contributed by atoms with Crippen molar-refractivity contribution in [2.45, 2.75) is 31.6 Å². The number of aromatic nitrogens is 3. The Morgan fingerprint density at radius 1 is 1.14 bits per heavy atom. The molecule has 0 atom stereocenters. The Labute approximate surface area is 163 Å². The molecule has 2 heterocycles. The van der Waals surface area contributed by atoms with Gasteiger partial charge in [-0.3, -0.25) is 9.39 Å². The second-order valence-electron chi connectivity index (χ2n) is 7.18. The summed E-state index contributed by atoms with van der Waals surface area (Å²) in [6, 6.07) is 12.9. The predicted octanol–water partition coefficient (Wildman–Crippen LogP) is 2.70. The molecule has 0 unspecified atom stereocenters. The molecule has 2 aromatic heterocycles. The lowest BCUT2D eigenvalue weighted by Crippen LogP contribution is -2.39. The highest BCUT2D eigenvalue weighted by atomic mass is 19.1. The first kappa shape index (κ1) is 18.4. The van der Waals surface area contributed by atoms with E-state index in [0.717, 1.165) is 48.8 Å². The summed E-state index contributed by atoms with van der Waals surface area (Å²) in [7, 11) is 0. The topological polar surface area (TPSA) is 66.6 Å². The van der Waals surface area contributed by atoms with Crippen LogP contribution in [0.25, 0.3) is 5.65 Å². The van der Waals surface area contributed by atoms with Crippen molar-refractivity contribution >= 4 is 11.6 Å². The van der Waals surface area contributed by atoms with Gasteiger partial charge >= 0.3 is 0 Å². The standard InChI is InChI=1S/C21H25FN6/c1-2-23-20(24-13-10-19-27-26-18-9-5-6-14-28(18)19)25-15-21(11-12-21)16-7-3-4-8-17(16)22/h3-9,14H,2,10-13,15H2,1H3,(H2,23,24,25). The zero-order valence-electron chi connectivity index (χ0n) is 16.0. The Morgan fingerprint density at radius 3 is 2.75 bits per heavy atom. The molecule has 0 spiro atoms. The molecule has 1 saturated carbocycles. The minimum absolute atomic E-state index is 0.133. The van der Waals surface area contributed by atoms with Gasteiger partial charge in [-0.1, -0.05) is 24.3 Å². The summed E-state index contributed by atoms with van der Waals surface area (Å²) in [5.74, 6) is 1.52. The Kier molecular flexibility index (Phi) is 5.23. The fourth-order valence-electron chi connectivity index (χ4n) is 3.48. The van der Waals surface area contributed by atoms with E-state index in [-0.39, 0.29) is 11.2 Å². The van der Waals surface area contributed by atoms with Crippen LogP contribution >= 0.6 is 0 Å². The minimum atomic E-state index is -0.156. The van der Waals surface area contributed by atoms with Gasteiger partial charge in [0, 0.05) is 31.1 Å². The lowest BCUT2D eigenvalue weighted by molar-refractivity contribution is 0.572. The molecule has 0 aliphatic heterocycles. The highest BCUT2D eigenvalue weighted by Crippen LogP contribution is 2.49. The van der Waals surface area contributed by atoms with Crippen LogP contribution in [0.5, 0.6) is 0 Å². The van der Waals surface area contributed by atoms with Crippen molar-refractivity contribution in [3.8, 4) is 0 Å². The summed E-state index contributed by atoms with van der Waals surface area (Å²) in [6.07, 6.45) is 4.65. The van der Waals surface area contributed by atoms with Crippen LogP contribution in [0.3, 0.4) is 0 Å². The summed E-state index contributed by atoms with van der Waals surface area (Å²) >= 11 is 0. The van der Waals surface area contributed by atoms with Gasteiger partial charge in [-0.15, -0.1) is 10.2 Å². The van der Waals surface area contributed by atoms with Gasteiger partial charge in [0.2, 0.25) is 0 Å². The molecular formula is C21H25FN6. The Balaban J connectivity index is 1.39. The van der Waals surface area contributed by atoms with E-state index in [2.05, 4.69) is 20.8 Å². The van der Waals surface area contributed by atoms with Gasteiger partial charge in [0.25, 0.3) is 0 Å². The van der Waals surface area contributed by atoms with Crippen molar-refractivity contribution in [3.63, 3.8) is 0 Å². The van der Waals surface area contributed by atoms with E-state index in [1.165, 1.54) is 6.07 Å². The van der Waals surface area contributed by atoms with Crippen molar-refractivity contribution in [1.29, 1.82) is 0 Å². The first-order valence-electron chi connectivity index (χ1n) is 9.78. The van der Waals surface area contributed by atoms with Gasteiger partial charge < -0.3 is 10.6 Å². The second-order valence-corrected chi connectivity index (χ2v) is 7.18. The molecule has 1 aromatic carbocycles. The number of guanidine groups is 1. The van der Waals surface area contributed by atoms with Crippen molar-refractivity contribution in [2.24, 2.45) is 4.99 Å². The molecule has 4 rings (SSSR count). The van der Waals surface area contributed by atoms with Crippen LogP contribution in [0.15, 0.2) is 53.7 Å². The zero-order valence-corrected chi connectivity index (χ0v) is 16.0. The van der Waals surface area contributed by atoms with Crippen LogP contribution in [-0.4, -0.2) is 40.2 Å². The molecule has 1 aliphatic rings. The maximum atomic E-state index is 14.2. The quantitative estimate of drug-likeness (QED) is 0.489. The Bertz CT molecular complexity index is 976. The molecule has 0 bridgehead atoms. The van der Waals surface area contributed by atoms with Gasteiger partial charge in [-0.25, -0.2) is 4.39 Å². The number of halogens is 1. The van der Waals surface area contributed by atoms with E-state index in [1.54, 1.807) is 6.07 Å². The highest BCUT2D eigenvalue weighted by molar-refractivity contribution is 5.79. The second kappa shape index (κ2) is 7.96. The number of aliphatic imine (C=N–C) groups is 1. The van der Waals surface area contributed by atoms with E-state index >= 15 is 0 Å². The van der Waals surface area contributed by atoms with Gasteiger partial charge in [-0.05, 0) is 43.5 Å². The number of pyridine rings is 1. The summed E-state index contributed by atoms with van der Waals surface area (Å²) in [5, 5.41) is 15.1. The van der Waals surface area contributed by atoms with E-state index in [4.69, 9.17) is 4.99 Å². The number of rotatable bonds is 7. The summed E-state index contributed by atoms with van der Waals surface area (Å²) in [5.41, 5.74) is 1.47. The van der Waals surface area contributed by atoms with Crippen molar-refractivity contribution in [1.82, 2.24) is 25.2 Å². The van der Waals surface area contributed by atoms with Crippen LogP contribution in [0.4, 0.5) is 4.39 Å². The highest BCUT2D eigenvalue weighted by Gasteiger charge is 2.45. The first-order chi connectivity index (χ1) is 13.7. The average molecular weight is 380 g/mol. The van der Waals surface area contributed by atoms with Gasteiger partial charge in [0.1, 0.15) is 11.6 Å². The number of nitrogens with zero attached hydrogens (tertiary/aromatic N) is 4. The summed E-state index contributed by atoms with van der Waals surface area (Å²) in [6.45, 7) is 4.07. The maximum absolute atomic E-state index is 14.2. The molecule has 2 N–H and O–H groups in total. The first-order valence-corrected chi connectivity index (χ1v) is 9.78. The SMILES string of the molecule is CCNC(=NCC1(c2ccccc2F)CC1)NCCc1nnc2ccccn12. The number of fused-ring (bicyclic) bond motifs is 1. The monoisotopic (exact) mass is 380 g/mol. The molecule has 7 heteroatoms. The van der Waals surface area contributed by atoms with E-state index in [9.17, 15) is 4.39 Å². The molecule has 6 nitrogen and oxygen atoms in total. The molecule has 1 aliphatic carbocycles. The molecular weight excluding hydrogens is 355 g/mol. The van der Waals surface area contributed by atoms with Crippen LogP contribution in [0, 0.1) is 5.82 Å². The average Bonchev–Trinajstić information content (AvgIpc) is 3.39. The molecule has 0 saturated heterocycles. The van der Waals surface area contributed by atoms with E-state index < -0.39 is 0 Å². The molecule has 1 fully saturated rings. The fraction of sp³-hybridized carbons (Fsp3) is 0.381. The largest absolute Gasteiger partial charge is 0.357 e. The molecule has 0 radical (unpaired) electrons. The molecule has 146 valence electrons. The van der Waals surface area contributed by atoms with E-state index in [0.29, 0.717) is 13.1 Å². The van der Waals surface area contributed by atoms with Crippen LogP contribution < -0.4 is 10.6 Å². The van der Waals surface area contributed by atoms with Crippen molar-refractivity contribution < 1.29 is 4.39 Å². The van der Waals surface area contributed by atoms with Gasteiger partial charge in [0.05, 0.1) is 6.54 Å². The number of nitrogens with one attached hydrogen (secondary N) is 2. The third-order valence-corrected chi connectivity index (χ3v) is 5.21. The normalized spacial score (nSPS) is 15.6. The van der Waals surface area contributed by atoms with Gasteiger partial charge in [0.15, 0.2) is 11.6 Å². The fourth-order valence-corrected chi connectivity index (χ4v) is 3.48. The number of hydrogen-bond acceptors (Lipinski definition) is 3. The predicted molar refractivity (Wildman–Crippen MR) is 108 cm³/mol. The number of benzene rings is 1. The molecule has 3 aromatic rings. The van der Waals surface area contributed by atoms with Crippen molar-refractivity contribution in [2.75, 3.05) is 19.6 Å². The maximum Gasteiger partial charge on any atom is 0.191 e. The third kappa shape index (κ3) is 3.83. The Morgan fingerprint density at radius 2 is 1.96 bits per heavy atom. The van der Waals surface area contributed by atoms with Gasteiger partial charge in [-0.2, -0.15) is 0 Å². The Hall–Kier alpha value is -2.96. The minimum Gasteiger partial charge on any atom is -0.357 e. The van der Waals surface area contributed by atoms with Crippen molar-refractivity contribution in [3.05, 3.63) is 65.9 Å². The summed E-state index contributed by atoms with van der Waals surface area (Å²) < 4.78 is 16.2. The van der Waals surface area contributed by atoms with Crippen LogP contribution in [-0.2, 0) is 11.8 Å².